The Morgan fingerprint density at radius 1 is 1.35 bits per heavy atom. The topological polar surface area (TPSA) is 68.0 Å². The third-order valence-electron chi connectivity index (χ3n) is 2.73. The summed E-state index contributed by atoms with van der Waals surface area (Å²) in [5.74, 6) is -0.455. The van der Waals surface area contributed by atoms with Gasteiger partial charge >= 0.3 is 6.18 Å². The number of alkyl halides is 3. The molecule has 0 fully saturated rings. The number of hydrogen-bond donors (Lipinski definition) is 2. The Labute approximate surface area is 141 Å². The van der Waals surface area contributed by atoms with Crippen LogP contribution in [0.4, 0.5) is 18.9 Å². The first kappa shape index (κ1) is 19.4. The molecule has 0 aliphatic carbocycles. The maximum absolute atomic E-state index is 12.4. The minimum atomic E-state index is -4.28. The number of nitrogens with one attached hydrogen (secondary N) is 1. The Hall–Kier alpha value is -1.64. The Morgan fingerprint density at radius 2 is 2.09 bits per heavy atom. The molecule has 1 amide bonds. The number of amides is 1. The predicted octanol–water partition coefficient (Wildman–Crippen LogP) is 3.42. The predicted molar refractivity (Wildman–Crippen MR) is 86.3 cm³/mol. The van der Waals surface area contributed by atoms with Crippen LogP contribution in [-0.4, -0.2) is 23.6 Å². The van der Waals surface area contributed by atoms with Gasteiger partial charge in [-0.1, -0.05) is 12.1 Å². The molecule has 1 aromatic carbocycles. The third-order valence-corrected chi connectivity index (χ3v) is 3.64. The van der Waals surface area contributed by atoms with Gasteiger partial charge in [-0.15, -0.1) is 23.7 Å². The number of carbonyl (C=O) groups excluding carboxylic acids is 1. The molecule has 0 aliphatic heterocycles. The van der Waals surface area contributed by atoms with Crippen molar-refractivity contribution in [2.75, 3.05) is 11.9 Å². The first-order valence-electron chi connectivity index (χ1n) is 6.49. The zero-order valence-corrected chi connectivity index (χ0v) is 13.5. The summed E-state index contributed by atoms with van der Waals surface area (Å²) in [4.78, 5) is 16.1. The summed E-state index contributed by atoms with van der Waals surface area (Å²) < 4.78 is 37.1. The molecule has 126 valence electrons. The van der Waals surface area contributed by atoms with E-state index < -0.39 is 18.5 Å². The number of thiazole rings is 1. The minimum Gasteiger partial charge on any atom is -0.330 e. The minimum absolute atomic E-state index is 0. The van der Waals surface area contributed by atoms with Crippen LogP contribution in [0, 0.1) is 0 Å². The summed E-state index contributed by atoms with van der Waals surface area (Å²) in [5, 5.41) is 4.89. The molecule has 0 atom stereocenters. The smallest absolute Gasteiger partial charge is 0.330 e. The summed E-state index contributed by atoms with van der Waals surface area (Å²) in [6, 6.07) is 5.67. The monoisotopic (exact) mass is 365 g/mol. The largest absolute Gasteiger partial charge is 0.393 e. The van der Waals surface area contributed by atoms with Crippen molar-refractivity contribution in [2.24, 2.45) is 5.73 Å². The van der Waals surface area contributed by atoms with Gasteiger partial charge in [0.15, 0.2) is 0 Å². The van der Waals surface area contributed by atoms with Gasteiger partial charge in [-0.3, -0.25) is 4.79 Å². The van der Waals surface area contributed by atoms with Gasteiger partial charge in [0.05, 0.1) is 11.4 Å². The van der Waals surface area contributed by atoms with Gasteiger partial charge in [0.2, 0.25) is 0 Å². The number of anilines is 1. The summed E-state index contributed by atoms with van der Waals surface area (Å²) in [7, 11) is 0. The molecule has 0 aliphatic rings. The maximum atomic E-state index is 12.4. The normalized spacial score (nSPS) is 11.0. The number of rotatable bonds is 5. The molecule has 0 saturated heterocycles. The van der Waals surface area contributed by atoms with E-state index in [1.165, 1.54) is 35.6 Å². The Kier molecular flexibility index (Phi) is 6.99. The van der Waals surface area contributed by atoms with E-state index in [1.807, 2.05) is 0 Å². The molecule has 9 heteroatoms. The molecule has 2 rings (SSSR count). The second kappa shape index (κ2) is 8.28. The van der Waals surface area contributed by atoms with Crippen molar-refractivity contribution in [3.63, 3.8) is 0 Å². The van der Waals surface area contributed by atoms with Crippen LogP contribution in [0.5, 0.6) is 0 Å². The number of benzene rings is 1. The molecule has 0 spiro atoms. The summed E-state index contributed by atoms with van der Waals surface area (Å²) in [6.45, 7) is 0.439. The number of hydrogen-bond acceptors (Lipinski definition) is 4. The van der Waals surface area contributed by atoms with E-state index in [9.17, 15) is 18.0 Å². The van der Waals surface area contributed by atoms with Gasteiger partial charge in [-0.2, -0.15) is 13.2 Å². The second-order valence-electron chi connectivity index (χ2n) is 4.61. The fourth-order valence-electron chi connectivity index (χ4n) is 1.84. The molecule has 3 N–H and O–H groups in total. The van der Waals surface area contributed by atoms with Crippen LogP contribution in [0.25, 0.3) is 0 Å². The highest BCUT2D eigenvalue weighted by atomic mass is 35.5. The lowest BCUT2D eigenvalue weighted by Gasteiger charge is -2.08. The maximum Gasteiger partial charge on any atom is 0.393 e. The summed E-state index contributed by atoms with van der Waals surface area (Å²) >= 11 is 1.32. The van der Waals surface area contributed by atoms with E-state index in [-0.39, 0.29) is 23.7 Å². The Bertz CT molecular complexity index is 661. The van der Waals surface area contributed by atoms with Gasteiger partial charge in [-0.25, -0.2) is 4.98 Å². The molecular formula is C14H15ClF3N3OS. The van der Waals surface area contributed by atoms with Crippen molar-refractivity contribution in [1.82, 2.24) is 4.98 Å². The van der Waals surface area contributed by atoms with Crippen molar-refractivity contribution in [3.05, 3.63) is 45.9 Å². The molecule has 4 nitrogen and oxygen atoms in total. The van der Waals surface area contributed by atoms with E-state index >= 15 is 0 Å². The lowest BCUT2D eigenvalue weighted by molar-refractivity contribution is -0.127. The van der Waals surface area contributed by atoms with Gasteiger partial charge in [0.1, 0.15) is 5.69 Å². The summed E-state index contributed by atoms with van der Waals surface area (Å²) in [6.07, 6.45) is -4.73. The number of carbonyl (C=O) groups is 1. The van der Waals surface area contributed by atoms with E-state index in [1.54, 1.807) is 5.38 Å². The highest BCUT2D eigenvalue weighted by molar-refractivity contribution is 7.09. The van der Waals surface area contributed by atoms with E-state index in [2.05, 4.69) is 10.3 Å². The molecule has 0 bridgehead atoms. The van der Waals surface area contributed by atoms with E-state index in [0.717, 1.165) is 5.01 Å². The molecule has 0 radical (unpaired) electrons. The average molecular weight is 366 g/mol. The fraction of sp³-hybridized carbons (Fsp3) is 0.286. The van der Waals surface area contributed by atoms with Gasteiger partial charge < -0.3 is 11.1 Å². The van der Waals surface area contributed by atoms with Crippen LogP contribution >= 0.6 is 23.7 Å². The van der Waals surface area contributed by atoms with Crippen LogP contribution in [0.2, 0.25) is 0 Å². The highest BCUT2D eigenvalue weighted by Crippen LogP contribution is 2.23. The molecule has 0 saturated carbocycles. The van der Waals surface area contributed by atoms with E-state index in [0.29, 0.717) is 18.7 Å². The van der Waals surface area contributed by atoms with Gasteiger partial charge in [0.25, 0.3) is 5.91 Å². The van der Waals surface area contributed by atoms with Crippen molar-refractivity contribution < 1.29 is 18.0 Å². The first-order valence-corrected chi connectivity index (χ1v) is 7.37. The number of aromatic nitrogens is 1. The second-order valence-corrected chi connectivity index (χ2v) is 5.55. The molecule has 23 heavy (non-hydrogen) atoms. The van der Waals surface area contributed by atoms with Crippen molar-refractivity contribution in [3.8, 4) is 0 Å². The lowest BCUT2D eigenvalue weighted by Crippen LogP contribution is -2.14. The number of halogens is 4. The Balaban J connectivity index is 0.00000264. The van der Waals surface area contributed by atoms with Gasteiger partial charge in [0, 0.05) is 17.5 Å². The highest BCUT2D eigenvalue weighted by Gasteiger charge is 2.27. The number of nitrogens with zero attached hydrogens (tertiary/aromatic N) is 1. The van der Waals surface area contributed by atoms with Crippen LogP contribution in [0.3, 0.4) is 0 Å². The quantitative estimate of drug-likeness (QED) is 0.853. The lowest BCUT2D eigenvalue weighted by atomic mass is 10.1. The van der Waals surface area contributed by atoms with Crippen molar-refractivity contribution in [1.29, 1.82) is 0 Å². The van der Waals surface area contributed by atoms with E-state index in [4.69, 9.17) is 5.73 Å². The van der Waals surface area contributed by atoms with Crippen molar-refractivity contribution >= 4 is 35.3 Å². The average Bonchev–Trinajstić information content (AvgIpc) is 2.86. The van der Waals surface area contributed by atoms with Crippen LogP contribution < -0.4 is 11.1 Å². The zero-order valence-electron chi connectivity index (χ0n) is 11.9. The first-order chi connectivity index (χ1) is 10.4. The van der Waals surface area contributed by atoms with Gasteiger partial charge in [-0.05, 0) is 24.2 Å². The number of nitrogens with two attached hydrogens (primary N) is 1. The molecule has 2 aromatic rings. The summed E-state index contributed by atoms with van der Waals surface area (Å²) in [5.41, 5.74) is 6.04. The van der Waals surface area contributed by atoms with Crippen LogP contribution in [-0.2, 0) is 12.8 Å². The van der Waals surface area contributed by atoms with Crippen LogP contribution in [0.1, 0.15) is 21.1 Å². The molecule has 0 unspecified atom stereocenters. The van der Waals surface area contributed by atoms with Crippen LogP contribution in [0.15, 0.2) is 29.6 Å². The molecule has 1 heterocycles. The van der Waals surface area contributed by atoms with Crippen molar-refractivity contribution in [2.45, 2.75) is 19.0 Å². The molecule has 1 aromatic heterocycles. The Morgan fingerprint density at radius 3 is 2.74 bits per heavy atom. The SMILES string of the molecule is Cl.NCCc1nc(C(=O)Nc2cccc(CC(F)(F)F)c2)cs1. The molecular weight excluding hydrogens is 351 g/mol. The standard InChI is InChI=1S/C14H14F3N3OS.ClH/c15-14(16,17)7-9-2-1-3-10(6-9)19-13(21)11-8-22-12(20-11)4-5-18;/h1-3,6,8H,4-5,7,18H2,(H,19,21);1H. The fourth-order valence-corrected chi connectivity index (χ4v) is 2.63. The third kappa shape index (κ3) is 6.17. The zero-order chi connectivity index (χ0) is 16.2.